The van der Waals surface area contributed by atoms with E-state index >= 15 is 0 Å². The average Bonchev–Trinajstić information content (AvgIpc) is 2.99. The van der Waals surface area contributed by atoms with Crippen molar-refractivity contribution >= 4 is 0 Å². The number of hydrogen-bond acceptors (Lipinski definition) is 3. The zero-order valence-electron chi connectivity index (χ0n) is 12.8. The topological polar surface area (TPSA) is 25.4 Å². The molecule has 0 bridgehead atoms. The Morgan fingerprint density at radius 3 is 2.73 bits per heavy atom. The van der Waals surface area contributed by atoms with Gasteiger partial charge in [-0.2, -0.15) is 0 Å². The van der Waals surface area contributed by atoms with Crippen molar-refractivity contribution in [2.45, 2.75) is 25.8 Å². The molecule has 3 rings (SSSR count). The van der Waals surface area contributed by atoms with Gasteiger partial charge in [-0.15, -0.1) is 0 Å². The number of rotatable bonds is 5. The summed E-state index contributed by atoms with van der Waals surface area (Å²) >= 11 is 0. The predicted octanol–water partition coefficient (Wildman–Crippen LogP) is 3.61. The molecule has 0 N–H and O–H groups in total. The zero-order chi connectivity index (χ0) is 15.4. The Bertz CT molecular complexity index is 597. The first-order valence-electron chi connectivity index (χ1n) is 7.80. The molecule has 0 aliphatic carbocycles. The second kappa shape index (κ2) is 6.88. The summed E-state index contributed by atoms with van der Waals surface area (Å²) in [5.74, 6) is 1.01. The second-order valence-corrected chi connectivity index (χ2v) is 5.71. The van der Waals surface area contributed by atoms with Gasteiger partial charge in [0.2, 0.25) is 5.88 Å². The van der Waals surface area contributed by atoms with Gasteiger partial charge in [0.1, 0.15) is 5.82 Å². The number of likely N-dealkylation sites (tertiary alicyclic amines) is 1. The van der Waals surface area contributed by atoms with Crippen molar-refractivity contribution in [3.8, 4) is 5.88 Å². The molecular formula is C18H21FN2O. The van der Waals surface area contributed by atoms with Gasteiger partial charge in [-0.25, -0.2) is 9.37 Å². The third-order valence-corrected chi connectivity index (χ3v) is 4.11. The Morgan fingerprint density at radius 2 is 2.05 bits per heavy atom. The lowest BCUT2D eigenvalue weighted by atomic mass is 9.99. The van der Waals surface area contributed by atoms with Gasteiger partial charge in [0.25, 0.3) is 0 Å². The quantitative estimate of drug-likeness (QED) is 0.843. The number of nitrogens with zero attached hydrogens (tertiary/aromatic N) is 2. The summed E-state index contributed by atoms with van der Waals surface area (Å²) in [6, 6.07) is 10.9. The van der Waals surface area contributed by atoms with Crippen molar-refractivity contribution in [2.24, 2.45) is 0 Å². The maximum atomic E-state index is 13.0. The number of pyridine rings is 1. The van der Waals surface area contributed by atoms with Gasteiger partial charge < -0.3 is 4.74 Å². The summed E-state index contributed by atoms with van der Waals surface area (Å²) < 4.78 is 18.4. The first kappa shape index (κ1) is 15.0. The van der Waals surface area contributed by atoms with Gasteiger partial charge in [-0.1, -0.05) is 18.2 Å². The second-order valence-electron chi connectivity index (χ2n) is 5.71. The number of aromatic nitrogens is 1. The first-order valence-corrected chi connectivity index (χ1v) is 7.80. The van der Waals surface area contributed by atoms with E-state index in [1.54, 1.807) is 12.1 Å². The standard InChI is InChI=1S/C18H21FN2O/c1-2-22-18-8-3-14(11-20-18)12-21-10-9-16(13-21)15-4-6-17(19)7-5-15/h3-8,11,16H,2,9-10,12-13H2,1H3/t16-/m0/s1. The summed E-state index contributed by atoms with van der Waals surface area (Å²) in [6.45, 7) is 5.57. The molecule has 1 aliphatic heterocycles. The SMILES string of the molecule is CCOc1ccc(CN2CC[C@H](c3ccc(F)cc3)C2)cn1. The van der Waals surface area contributed by atoms with Crippen LogP contribution in [0.4, 0.5) is 4.39 Å². The van der Waals surface area contributed by atoms with E-state index in [2.05, 4.69) is 16.0 Å². The third-order valence-electron chi connectivity index (χ3n) is 4.11. The summed E-state index contributed by atoms with van der Waals surface area (Å²) in [5, 5.41) is 0. The molecule has 2 heterocycles. The molecule has 0 saturated carbocycles. The Morgan fingerprint density at radius 1 is 1.23 bits per heavy atom. The smallest absolute Gasteiger partial charge is 0.213 e. The van der Waals surface area contributed by atoms with Gasteiger partial charge in [-0.05, 0) is 49.1 Å². The molecule has 4 heteroatoms. The van der Waals surface area contributed by atoms with Gasteiger partial charge in [0.05, 0.1) is 6.61 Å². The minimum atomic E-state index is -0.168. The zero-order valence-corrected chi connectivity index (χ0v) is 12.8. The Balaban J connectivity index is 1.57. The number of benzene rings is 1. The Hall–Kier alpha value is -1.94. The van der Waals surface area contributed by atoms with Gasteiger partial charge >= 0.3 is 0 Å². The predicted molar refractivity (Wildman–Crippen MR) is 84.4 cm³/mol. The molecule has 0 radical (unpaired) electrons. The van der Waals surface area contributed by atoms with Gasteiger partial charge in [0, 0.05) is 25.4 Å². The molecule has 22 heavy (non-hydrogen) atoms. The van der Waals surface area contributed by atoms with Crippen molar-refractivity contribution in [3.63, 3.8) is 0 Å². The van der Waals surface area contributed by atoms with Crippen molar-refractivity contribution in [1.82, 2.24) is 9.88 Å². The molecule has 1 aliphatic rings. The summed E-state index contributed by atoms with van der Waals surface area (Å²) in [6.07, 6.45) is 3.01. The molecular weight excluding hydrogens is 279 g/mol. The van der Waals surface area contributed by atoms with Gasteiger partial charge in [-0.3, -0.25) is 4.90 Å². The highest BCUT2D eigenvalue weighted by Gasteiger charge is 2.23. The van der Waals surface area contributed by atoms with Crippen molar-refractivity contribution < 1.29 is 9.13 Å². The highest BCUT2D eigenvalue weighted by atomic mass is 19.1. The molecule has 1 aromatic heterocycles. The fraction of sp³-hybridized carbons (Fsp3) is 0.389. The molecule has 1 saturated heterocycles. The molecule has 3 nitrogen and oxygen atoms in total. The Labute approximate surface area is 130 Å². The minimum absolute atomic E-state index is 0.168. The van der Waals surface area contributed by atoms with Crippen molar-refractivity contribution in [2.75, 3.05) is 19.7 Å². The van der Waals surface area contributed by atoms with E-state index in [-0.39, 0.29) is 5.82 Å². The lowest BCUT2D eigenvalue weighted by molar-refractivity contribution is 0.319. The van der Waals surface area contributed by atoms with E-state index in [4.69, 9.17) is 4.74 Å². The lowest BCUT2D eigenvalue weighted by Crippen LogP contribution is -2.19. The fourth-order valence-corrected chi connectivity index (χ4v) is 2.98. The van der Waals surface area contributed by atoms with Crippen LogP contribution >= 0.6 is 0 Å². The molecule has 2 aromatic rings. The maximum Gasteiger partial charge on any atom is 0.213 e. The average molecular weight is 300 g/mol. The normalized spacial score (nSPS) is 18.5. The van der Waals surface area contributed by atoms with Gasteiger partial charge in [0.15, 0.2) is 0 Å². The molecule has 1 aromatic carbocycles. The van der Waals surface area contributed by atoms with Crippen LogP contribution in [0.15, 0.2) is 42.6 Å². The van der Waals surface area contributed by atoms with E-state index in [1.165, 1.54) is 11.1 Å². The van der Waals surface area contributed by atoms with Crippen LogP contribution in [-0.2, 0) is 6.54 Å². The molecule has 1 fully saturated rings. The van der Waals surface area contributed by atoms with E-state index < -0.39 is 0 Å². The highest BCUT2D eigenvalue weighted by Crippen LogP contribution is 2.28. The van der Waals surface area contributed by atoms with E-state index in [0.29, 0.717) is 18.4 Å². The molecule has 0 amide bonds. The largest absolute Gasteiger partial charge is 0.478 e. The maximum absolute atomic E-state index is 13.0. The van der Waals surface area contributed by atoms with Crippen LogP contribution in [0.3, 0.4) is 0 Å². The fourth-order valence-electron chi connectivity index (χ4n) is 2.98. The molecule has 1 atom stereocenters. The summed E-state index contributed by atoms with van der Waals surface area (Å²) in [4.78, 5) is 6.73. The molecule has 0 unspecified atom stereocenters. The van der Waals surface area contributed by atoms with E-state index in [9.17, 15) is 4.39 Å². The monoisotopic (exact) mass is 300 g/mol. The Kier molecular flexibility index (Phi) is 4.68. The van der Waals surface area contributed by atoms with Crippen LogP contribution in [-0.4, -0.2) is 29.6 Å². The molecule has 0 spiro atoms. The highest BCUT2D eigenvalue weighted by molar-refractivity contribution is 5.22. The van der Waals surface area contributed by atoms with Crippen LogP contribution in [0.1, 0.15) is 30.4 Å². The van der Waals surface area contributed by atoms with Crippen LogP contribution in [0.25, 0.3) is 0 Å². The lowest BCUT2D eigenvalue weighted by Gasteiger charge is -2.16. The molecule has 116 valence electrons. The number of ether oxygens (including phenoxy) is 1. The van der Waals surface area contributed by atoms with Crippen LogP contribution in [0.5, 0.6) is 5.88 Å². The van der Waals surface area contributed by atoms with E-state index in [1.807, 2.05) is 31.3 Å². The number of hydrogen-bond donors (Lipinski definition) is 0. The third kappa shape index (κ3) is 3.63. The van der Waals surface area contributed by atoms with Crippen molar-refractivity contribution in [3.05, 3.63) is 59.5 Å². The summed E-state index contributed by atoms with van der Waals surface area (Å²) in [7, 11) is 0. The number of halogens is 1. The van der Waals surface area contributed by atoms with Crippen LogP contribution < -0.4 is 4.74 Å². The van der Waals surface area contributed by atoms with Crippen molar-refractivity contribution in [1.29, 1.82) is 0 Å². The van der Waals surface area contributed by atoms with Crippen LogP contribution in [0, 0.1) is 5.82 Å². The first-order chi connectivity index (χ1) is 10.7. The summed E-state index contributed by atoms with van der Waals surface area (Å²) in [5.41, 5.74) is 2.43. The van der Waals surface area contributed by atoms with E-state index in [0.717, 1.165) is 26.1 Å². The van der Waals surface area contributed by atoms with Crippen LogP contribution in [0.2, 0.25) is 0 Å². The minimum Gasteiger partial charge on any atom is -0.478 e.